The molecule has 0 saturated carbocycles. The fraction of sp³-hybridized carbons (Fsp3) is 0.111. The number of hydrogen-bond acceptors (Lipinski definition) is 5. The highest BCUT2D eigenvalue weighted by molar-refractivity contribution is 6.34. The summed E-state index contributed by atoms with van der Waals surface area (Å²) in [6, 6.07) is 7.34. The van der Waals surface area contributed by atoms with Crippen LogP contribution in [0.5, 0.6) is 0 Å². The summed E-state index contributed by atoms with van der Waals surface area (Å²) >= 11 is 6.35. The minimum Gasteiger partial charge on any atom is -0.451 e. The maximum Gasteiger partial charge on any atom is 0.277 e. The van der Waals surface area contributed by atoms with Crippen LogP contribution in [0, 0.1) is 6.92 Å². The first-order valence-corrected chi connectivity index (χ1v) is 8.00. The van der Waals surface area contributed by atoms with Crippen LogP contribution in [0.1, 0.15) is 27.2 Å². The van der Waals surface area contributed by atoms with Gasteiger partial charge in [0.05, 0.1) is 5.71 Å². The highest BCUT2D eigenvalue weighted by atomic mass is 35.5. The van der Waals surface area contributed by atoms with Crippen molar-refractivity contribution in [3.05, 3.63) is 70.5 Å². The monoisotopic (exact) mass is 352 g/mol. The molecule has 1 aromatic carbocycles. The summed E-state index contributed by atoms with van der Waals surface area (Å²) in [5.41, 5.74) is 4.58. The number of oxazole rings is 1. The Balaban J connectivity index is 1.62. The number of fused-ring (bicyclic) bond motifs is 1. The second-order valence-electron chi connectivity index (χ2n) is 5.75. The zero-order valence-corrected chi connectivity index (χ0v) is 14.0. The van der Waals surface area contributed by atoms with Crippen LogP contribution in [0.25, 0.3) is 0 Å². The fourth-order valence-electron chi connectivity index (χ4n) is 2.70. The average Bonchev–Trinajstić information content (AvgIpc) is 3.25. The third-order valence-corrected chi connectivity index (χ3v) is 4.21. The molecule has 0 saturated heterocycles. The molecule has 2 aromatic heterocycles. The Hall–Kier alpha value is -2.99. The molecule has 4 rings (SSSR count). The first kappa shape index (κ1) is 15.5. The molecule has 0 bridgehead atoms. The summed E-state index contributed by atoms with van der Waals surface area (Å²) in [7, 11) is 0. The topological polar surface area (TPSA) is 80.4 Å². The lowest BCUT2D eigenvalue weighted by Gasteiger charge is -2.08. The van der Waals surface area contributed by atoms with E-state index in [9.17, 15) is 4.79 Å². The van der Waals surface area contributed by atoms with Gasteiger partial charge in [-0.3, -0.25) is 4.79 Å². The molecule has 1 aliphatic rings. The van der Waals surface area contributed by atoms with Crippen LogP contribution >= 0.6 is 11.6 Å². The van der Waals surface area contributed by atoms with Gasteiger partial charge in [0, 0.05) is 34.5 Å². The van der Waals surface area contributed by atoms with Crippen molar-refractivity contribution in [3.8, 4) is 0 Å². The maximum absolute atomic E-state index is 12.1. The Labute approximate surface area is 148 Å². The molecule has 1 N–H and O–H groups in total. The van der Waals surface area contributed by atoms with Crippen molar-refractivity contribution in [1.82, 2.24) is 9.97 Å². The van der Waals surface area contributed by atoms with Gasteiger partial charge in [-0.25, -0.2) is 15.0 Å². The van der Waals surface area contributed by atoms with E-state index in [4.69, 9.17) is 16.0 Å². The second kappa shape index (κ2) is 6.14. The van der Waals surface area contributed by atoms with Gasteiger partial charge in [0.2, 0.25) is 0 Å². The molecule has 7 heteroatoms. The number of carbonyl (C=O) groups excluding carboxylic acids is 1. The van der Waals surface area contributed by atoms with E-state index in [0.29, 0.717) is 22.9 Å². The number of amides is 1. The van der Waals surface area contributed by atoms with Gasteiger partial charge in [-0.15, -0.1) is 0 Å². The minimum atomic E-state index is -0.351. The molecule has 0 aliphatic carbocycles. The number of nitrogens with one attached hydrogen (secondary N) is 1. The summed E-state index contributed by atoms with van der Waals surface area (Å²) in [4.78, 5) is 24.9. The van der Waals surface area contributed by atoms with E-state index in [2.05, 4.69) is 26.3 Å². The van der Waals surface area contributed by atoms with Gasteiger partial charge in [-0.2, -0.15) is 0 Å². The first-order chi connectivity index (χ1) is 12.1. The fourth-order valence-corrected chi connectivity index (χ4v) is 2.93. The number of aromatic nitrogens is 2. The molecular formula is C18H13ClN4O2. The molecular weight excluding hydrogens is 340 g/mol. The van der Waals surface area contributed by atoms with Crippen molar-refractivity contribution in [2.75, 3.05) is 5.32 Å². The van der Waals surface area contributed by atoms with Gasteiger partial charge in [0.15, 0.2) is 17.9 Å². The quantitative estimate of drug-likeness (QED) is 0.773. The molecule has 3 aromatic rings. The molecule has 1 amide bonds. The molecule has 124 valence electrons. The first-order valence-electron chi connectivity index (χ1n) is 7.63. The molecule has 0 spiro atoms. The van der Waals surface area contributed by atoms with E-state index in [1.807, 2.05) is 6.92 Å². The molecule has 0 fully saturated rings. The Morgan fingerprint density at radius 3 is 2.96 bits per heavy atom. The van der Waals surface area contributed by atoms with Crippen molar-refractivity contribution in [1.29, 1.82) is 0 Å². The van der Waals surface area contributed by atoms with Crippen molar-refractivity contribution in [2.24, 2.45) is 4.99 Å². The van der Waals surface area contributed by atoms with Crippen LogP contribution in [0.4, 0.5) is 11.5 Å². The number of hydrogen-bond donors (Lipinski definition) is 1. The van der Waals surface area contributed by atoms with E-state index >= 15 is 0 Å². The SMILES string of the molecule is Cc1cnc2c(c1)CC(c1cc(NC(=O)c3cocn3)ccc1Cl)=N2. The summed E-state index contributed by atoms with van der Waals surface area (Å²) in [5, 5.41) is 3.35. The van der Waals surface area contributed by atoms with Gasteiger partial charge >= 0.3 is 0 Å². The van der Waals surface area contributed by atoms with E-state index < -0.39 is 0 Å². The second-order valence-corrected chi connectivity index (χ2v) is 6.16. The number of benzene rings is 1. The third-order valence-electron chi connectivity index (χ3n) is 3.88. The molecule has 0 radical (unpaired) electrons. The predicted molar refractivity (Wildman–Crippen MR) is 94.8 cm³/mol. The number of rotatable bonds is 3. The molecule has 6 nitrogen and oxygen atoms in total. The molecule has 3 heterocycles. The van der Waals surface area contributed by atoms with E-state index in [1.165, 1.54) is 12.7 Å². The van der Waals surface area contributed by atoms with Crippen LogP contribution < -0.4 is 5.32 Å². The van der Waals surface area contributed by atoms with Crippen molar-refractivity contribution >= 4 is 34.7 Å². The summed E-state index contributed by atoms with van der Waals surface area (Å²) in [6.45, 7) is 2.00. The number of pyridine rings is 1. The Morgan fingerprint density at radius 1 is 1.28 bits per heavy atom. The highest BCUT2D eigenvalue weighted by Gasteiger charge is 2.20. The molecule has 25 heavy (non-hydrogen) atoms. The zero-order chi connectivity index (χ0) is 17.4. The standard InChI is InChI=1S/C18H13ClN4O2/c1-10-4-11-5-15(23-17(11)20-7-10)13-6-12(2-3-14(13)19)22-18(24)16-8-25-9-21-16/h2-4,6-9H,5H2,1H3,(H,22,24). The lowest BCUT2D eigenvalue weighted by Crippen LogP contribution is -2.13. The van der Waals surface area contributed by atoms with Crippen molar-refractivity contribution in [3.63, 3.8) is 0 Å². The average molecular weight is 353 g/mol. The van der Waals surface area contributed by atoms with Crippen LogP contribution in [-0.2, 0) is 6.42 Å². The Kier molecular flexibility index (Phi) is 3.82. The van der Waals surface area contributed by atoms with Gasteiger partial charge in [0.1, 0.15) is 6.26 Å². The smallest absolute Gasteiger partial charge is 0.277 e. The summed E-state index contributed by atoms with van der Waals surface area (Å²) in [6.07, 6.45) is 4.95. The maximum atomic E-state index is 12.1. The Bertz CT molecular complexity index is 996. The predicted octanol–water partition coefficient (Wildman–Crippen LogP) is 3.96. The third kappa shape index (κ3) is 3.04. The van der Waals surface area contributed by atoms with E-state index in [1.54, 1.807) is 24.4 Å². The largest absolute Gasteiger partial charge is 0.451 e. The van der Waals surface area contributed by atoms with Gasteiger partial charge < -0.3 is 9.73 Å². The normalized spacial score (nSPS) is 12.6. The van der Waals surface area contributed by atoms with Crippen LogP contribution in [-0.4, -0.2) is 21.6 Å². The van der Waals surface area contributed by atoms with Crippen LogP contribution in [0.15, 0.2) is 52.5 Å². The minimum absolute atomic E-state index is 0.210. The lowest BCUT2D eigenvalue weighted by molar-refractivity contribution is 0.102. The number of aliphatic imine (C=N–C) groups is 1. The van der Waals surface area contributed by atoms with Crippen molar-refractivity contribution in [2.45, 2.75) is 13.3 Å². The lowest BCUT2D eigenvalue weighted by atomic mass is 10.0. The number of anilines is 1. The number of nitrogens with zero attached hydrogens (tertiary/aromatic N) is 3. The van der Waals surface area contributed by atoms with Crippen LogP contribution in [0.3, 0.4) is 0 Å². The van der Waals surface area contributed by atoms with E-state index in [-0.39, 0.29) is 11.6 Å². The molecule has 1 aliphatic heterocycles. The molecule has 0 atom stereocenters. The van der Waals surface area contributed by atoms with Gasteiger partial charge in [-0.1, -0.05) is 17.7 Å². The number of halogens is 1. The number of aryl methyl sites for hydroxylation is 1. The van der Waals surface area contributed by atoms with E-state index in [0.717, 1.165) is 22.4 Å². The summed E-state index contributed by atoms with van der Waals surface area (Å²) in [5.74, 6) is 0.365. The number of carbonyl (C=O) groups is 1. The van der Waals surface area contributed by atoms with Gasteiger partial charge in [0.25, 0.3) is 5.91 Å². The highest BCUT2D eigenvalue weighted by Crippen LogP contribution is 2.31. The summed E-state index contributed by atoms with van der Waals surface area (Å²) < 4.78 is 4.82. The molecule has 0 unspecified atom stereocenters. The van der Waals surface area contributed by atoms with Crippen LogP contribution in [0.2, 0.25) is 5.02 Å². The van der Waals surface area contributed by atoms with Gasteiger partial charge in [-0.05, 0) is 30.7 Å². The Morgan fingerprint density at radius 2 is 2.16 bits per heavy atom. The zero-order valence-electron chi connectivity index (χ0n) is 13.3. The van der Waals surface area contributed by atoms with Crippen molar-refractivity contribution < 1.29 is 9.21 Å².